The van der Waals surface area contributed by atoms with E-state index >= 15 is 0 Å². The number of allylic oxidation sites excluding steroid dienone is 4. The summed E-state index contributed by atoms with van der Waals surface area (Å²) in [5.74, 6) is 1.54. The number of ketones is 2. The van der Waals surface area contributed by atoms with Crippen LogP contribution in [-0.4, -0.2) is 43.6 Å². The quantitative estimate of drug-likeness (QED) is 0.621. The Morgan fingerprint density at radius 2 is 1.22 bits per heavy atom. The monoisotopic (exact) mass is 463 g/mol. The molecule has 6 nitrogen and oxygen atoms in total. The average molecular weight is 464 g/mol. The van der Waals surface area contributed by atoms with E-state index in [1.54, 1.807) is 14.1 Å². The molecule has 0 N–H and O–H groups in total. The predicted octanol–water partition coefficient (Wildman–Crippen LogP) is 4.37. The van der Waals surface area contributed by atoms with Crippen LogP contribution in [0.25, 0.3) is 0 Å². The highest BCUT2D eigenvalue weighted by molar-refractivity contribution is 7.89. The van der Waals surface area contributed by atoms with E-state index in [1.807, 2.05) is 0 Å². The number of hydrogen-bond donors (Lipinski definition) is 0. The summed E-state index contributed by atoms with van der Waals surface area (Å²) in [4.78, 5) is 26.7. The van der Waals surface area contributed by atoms with Crippen LogP contribution in [-0.2, 0) is 24.3 Å². The van der Waals surface area contributed by atoms with Gasteiger partial charge in [-0.3, -0.25) is 9.59 Å². The summed E-state index contributed by atoms with van der Waals surface area (Å²) < 4.78 is 33.0. The molecular weight excluding hydrogens is 426 g/mol. The molecule has 0 saturated heterocycles. The second kappa shape index (κ2) is 7.79. The van der Waals surface area contributed by atoms with Crippen LogP contribution in [0.4, 0.5) is 0 Å². The number of sulfonamides is 1. The molecule has 4 rings (SSSR count). The fraction of sp³-hybridized carbons (Fsp3) is 0.760. The average Bonchev–Trinajstić information content (AvgIpc) is 2.64. The van der Waals surface area contributed by atoms with Crippen molar-refractivity contribution in [1.29, 1.82) is 0 Å². The van der Waals surface area contributed by atoms with E-state index in [1.165, 1.54) is 4.31 Å². The first-order valence-corrected chi connectivity index (χ1v) is 13.3. The number of ether oxygens (including phenoxy) is 1. The Hall–Kier alpha value is -1.47. The van der Waals surface area contributed by atoms with Gasteiger partial charge in [-0.15, -0.1) is 0 Å². The molecule has 4 aliphatic rings. The van der Waals surface area contributed by atoms with Gasteiger partial charge >= 0.3 is 0 Å². The maximum absolute atomic E-state index is 13.3. The molecule has 1 aliphatic heterocycles. The van der Waals surface area contributed by atoms with Gasteiger partial charge in [-0.05, 0) is 42.4 Å². The Labute approximate surface area is 192 Å². The molecule has 178 valence electrons. The SMILES string of the molecule is CN(C)S(=O)(=O)C1CCC(C2C3=C(CC(C)(C)CC3=O)OC3=C2C(=O)CC(C)(C)C3)CC1. The van der Waals surface area contributed by atoms with Crippen molar-refractivity contribution in [2.24, 2.45) is 22.7 Å². The van der Waals surface area contributed by atoms with Crippen LogP contribution in [0.5, 0.6) is 0 Å². The summed E-state index contributed by atoms with van der Waals surface area (Å²) in [5.41, 5.74) is 1.08. The van der Waals surface area contributed by atoms with Crippen LogP contribution < -0.4 is 0 Å². The van der Waals surface area contributed by atoms with E-state index in [-0.39, 0.29) is 34.2 Å². The molecule has 0 bridgehead atoms. The topological polar surface area (TPSA) is 80.8 Å². The number of rotatable bonds is 3. The lowest BCUT2D eigenvalue weighted by molar-refractivity contribution is -0.121. The summed E-state index contributed by atoms with van der Waals surface area (Å²) in [6, 6.07) is 0. The molecule has 0 unspecified atom stereocenters. The van der Waals surface area contributed by atoms with Crippen molar-refractivity contribution in [3.8, 4) is 0 Å². The number of Topliss-reactive ketones (excluding diaryl/α,β-unsaturated/α-hetero) is 2. The standard InChI is InChI=1S/C25H37NO5S/c1-24(2)11-17(27)22-19(13-24)31-20-14-25(3,4)12-18(28)23(20)21(22)15-7-9-16(10-8-15)32(29,30)26(5)6/h15-16,21H,7-14H2,1-6H3. The van der Waals surface area contributed by atoms with Gasteiger partial charge in [-0.25, -0.2) is 12.7 Å². The first-order chi connectivity index (χ1) is 14.7. The van der Waals surface area contributed by atoms with E-state index < -0.39 is 15.3 Å². The second-order valence-corrected chi connectivity index (χ2v) is 14.4. The maximum atomic E-state index is 13.3. The van der Waals surface area contributed by atoms with Crippen LogP contribution in [0.2, 0.25) is 0 Å². The summed E-state index contributed by atoms with van der Waals surface area (Å²) in [7, 11) is -0.138. The van der Waals surface area contributed by atoms with Crippen molar-refractivity contribution in [3.05, 3.63) is 22.7 Å². The Bertz CT molecular complexity index is 955. The molecule has 1 saturated carbocycles. The Kier molecular flexibility index (Phi) is 5.77. The normalized spacial score (nSPS) is 30.8. The molecule has 7 heteroatoms. The largest absolute Gasteiger partial charge is 0.465 e. The minimum Gasteiger partial charge on any atom is -0.465 e. The van der Waals surface area contributed by atoms with Crippen molar-refractivity contribution in [1.82, 2.24) is 4.31 Å². The molecule has 1 fully saturated rings. The molecule has 0 aromatic heterocycles. The van der Waals surface area contributed by atoms with Gasteiger partial charge in [-0.1, -0.05) is 27.7 Å². The van der Waals surface area contributed by atoms with Crippen molar-refractivity contribution in [3.63, 3.8) is 0 Å². The second-order valence-electron chi connectivity index (χ2n) is 12.0. The third kappa shape index (κ3) is 4.11. The lowest BCUT2D eigenvalue weighted by Gasteiger charge is -2.45. The van der Waals surface area contributed by atoms with Crippen LogP contribution in [0.3, 0.4) is 0 Å². The number of carbonyl (C=O) groups excluding carboxylic acids is 2. The third-order valence-electron chi connectivity index (χ3n) is 7.75. The van der Waals surface area contributed by atoms with Gasteiger partial charge in [-0.2, -0.15) is 0 Å². The van der Waals surface area contributed by atoms with Crippen molar-refractivity contribution in [2.75, 3.05) is 14.1 Å². The molecule has 0 aromatic rings. The van der Waals surface area contributed by atoms with Gasteiger partial charge < -0.3 is 4.74 Å². The lowest BCUT2D eigenvalue weighted by Crippen LogP contribution is -2.43. The van der Waals surface area contributed by atoms with Gasteiger partial charge in [0.1, 0.15) is 11.5 Å². The van der Waals surface area contributed by atoms with Crippen molar-refractivity contribution in [2.45, 2.75) is 84.3 Å². The lowest BCUT2D eigenvalue weighted by atomic mass is 9.62. The number of carbonyl (C=O) groups is 2. The number of nitrogens with zero attached hydrogens (tertiary/aromatic N) is 1. The molecule has 1 heterocycles. The van der Waals surface area contributed by atoms with Crippen LogP contribution in [0.1, 0.15) is 79.1 Å². The molecule has 32 heavy (non-hydrogen) atoms. The van der Waals surface area contributed by atoms with Gasteiger partial charge in [0.2, 0.25) is 10.0 Å². The van der Waals surface area contributed by atoms with Crippen molar-refractivity contribution < 1.29 is 22.7 Å². The zero-order chi connectivity index (χ0) is 23.6. The number of hydrogen-bond acceptors (Lipinski definition) is 5. The summed E-state index contributed by atoms with van der Waals surface area (Å²) in [6.45, 7) is 8.35. The molecule has 3 aliphatic carbocycles. The molecule has 0 radical (unpaired) electrons. The first kappa shape index (κ1) is 23.7. The Morgan fingerprint density at radius 1 is 0.781 bits per heavy atom. The predicted molar refractivity (Wildman–Crippen MR) is 123 cm³/mol. The fourth-order valence-corrected chi connectivity index (χ4v) is 7.68. The van der Waals surface area contributed by atoms with Crippen LogP contribution in [0, 0.1) is 22.7 Å². The molecule has 0 aromatic carbocycles. The van der Waals surface area contributed by atoms with Crippen molar-refractivity contribution >= 4 is 21.6 Å². The molecular formula is C25H37NO5S. The third-order valence-corrected chi connectivity index (χ3v) is 10.1. The van der Waals surface area contributed by atoms with E-state index in [2.05, 4.69) is 27.7 Å². The Balaban J connectivity index is 1.71. The van der Waals surface area contributed by atoms with E-state index in [0.717, 1.165) is 11.5 Å². The minimum atomic E-state index is -3.30. The summed E-state index contributed by atoms with van der Waals surface area (Å²) in [6.07, 6.45) is 4.82. The molecule has 0 atom stereocenters. The summed E-state index contributed by atoms with van der Waals surface area (Å²) >= 11 is 0. The van der Waals surface area contributed by atoms with Gasteiger partial charge in [0.15, 0.2) is 11.6 Å². The molecule has 0 amide bonds. The highest BCUT2D eigenvalue weighted by Gasteiger charge is 2.50. The smallest absolute Gasteiger partial charge is 0.216 e. The zero-order valence-electron chi connectivity index (χ0n) is 20.3. The Morgan fingerprint density at radius 3 is 1.62 bits per heavy atom. The van der Waals surface area contributed by atoms with E-state index in [4.69, 9.17) is 4.74 Å². The van der Waals surface area contributed by atoms with Crippen LogP contribution >= 0.6 is 0 Å². The highest BCUT2D eigenvalue weighted by atomic mass is 32.2. The maximum Gasteiger partial charge on any atom is 0.216 e. The highest BCUT2D eigenvalue weighted by Crippen LogP contribution is 2.54. The fourth-order valence-electron chi connectivity index (χ4n) is 6.21. The molecule has 0 spiro atoms. The van der Waals surface area contributed by atoms with E-state index in [0.29, 0.717) is 62.5 Å². The minimum absolute atomic E-state index is 0.0912. The van der Waals surface area contributed by atoms with Gasteiger partial charge in [0.05, 0.1) is 5.25 Å². The first-order valence-electron chi connectivity index (χ1n) is 11.8. The van der Waals surface area contributed by atoms with Gasteiger partial charge in [0, 0.05) is 56.8 Å². The van der Waals surface area contributed by atoms with E-state index in [9.17, 15) is 18.0 Å². The van der Waals surface area contributed by atoms with Crippen LogP contribution in [0.15, 0.2) is 22.7 Å². The summed E-state index contributed by atoms with van der Waals surface area (Å²) in [5, 5.41) is -0.391. The zero-order valence-corrected chi connectivity index (χ0v) is 21.1. The van der Waals surface area contributed by atoms with Gasteiger partial charge in [0.25, 0.3) is 0 Å².